The molecule has 3 heterocycles. The van der Waals surface area contributed by atoms with Crippen LogP contribution in [0, 0.1) is 0 Å². The minimum atomic E-state index is 0.243. The van der Waals surface area contributed by atoms with Gasteiger partial charge in [-0.05, 0) is 37.8 Å². The first kappa shape index (κ1) is 16.1. The molecule has 2 aromatic heterocycles. The summed E-state index contributed by atoms with van der Waals surface area (Å²) in [6, 6.07) is 5.85. The third kappa shape index (κ3) is 4.16. The zero-order valence-electron chi connectivity index (χ0n) is 13.6. The molecule has 0 spiro atoms. The van der Waals surface area contributed by atoms with Crippen LogP contribution in [-0.2, 0) is 17.6 Å². The summed E-state index contributed by atoms with van der Waals surface area (Å²) < 4.78 is 0. The molecule has 0 aliphatic carbocycles. The second-order valence-corrected chi connectivity index (χ2v) is 6.92. The van der Waals surface area contributed by atoms with Gasteiger partial charge in [0, 0.05) is 42.7 Å². The zero-order valence-corrected chi connectivity index (χ0v) is 14.4. The quantitative estimate of drug-likeness (QED) is 0.844. The zero-order chi connectivity index (χ0) is 16.1. The Morgan fingerprint density at radius 3 is 3.04 bits per heavy atom. The van der Waals surface area contributed by atoms with E-state index >= 15 is 0 Å². The average molecular weight is 329 g/mol. The number of aromatic nitrogens is 2. The van der Waals surface area contributed by atoms with Gasteiger partial charge >= 0.3 is 0 Å². The second-order valence-electron chi connectivity index (χ2n) is 6.03. The van der Waals surface area contributed by atoms with Crippen molar-refractivity contribution in [2.24, 2.45) is 0 Å². The lowest BCUT2D eigenvalue weighted by Crippen LogP contribution is -2.39. The third-order valence-corrected chi connectivity index (χ3v) is 5.43. The van der Waals surface area contributed by atoms with Gasteiger partial charge in [0.25, 0.3) is 0 Å². The van der Waals surface area contributed by atoms with Crippen molar-refractivity contribution in [3.63, 3.8) is 0 Å². The first-order valence-electron chi connectivity index (χ1n) is 8.38. The molecule has 23 heavy (non-hydrogen) atoms. The summed E-state index contributed by atoms with van der Waals surface area (Å²) in [7, 11) is 0. The minimum Gasteiger partial charge on any atom is -0.342 e. The molecule has 0 radical (unpaired) electrons. The molecule has 5 heteroatoms. The van der Waals surface area contributed by atoms with Crippen LogP contribution in [0.5, 0.6) is 0 Å². The summed E-state index contributed by atoms with van der Waals surface area (Å²) in [6.07, 6.45) is 6.24. The smallest absolute Gasteiger partial charge is 0.222 e. The van der Waals surface area contributed by atoms with Gasteiger partial charge < -0.3 is 4.90 Å². The molecule has 0 aromatic carbocycles. The summed E-state index contributed by atoms with van der Waals surface area (Å²) in [5.74, 6) is 0.653. The number of piperidine rings is 1. The van der Waals surface area contributed by atoms with Gasteiger partial charge in [-0.2, -0.15) is 0 Å². The molecular formula is C18H23N3OS. The van der Waals surface area contributed by atoms with E-state index in [0.717, 1.165) is 44.5 Å². The van der Waals surface area contributed by atoms with E-state index in [1.54, 1.807) is 17.5 Å². The van der Waals surface area contributed by atoms with Crippen molar-refractivity contribution in [1.82, 2.24) is 14.9 Å². The topological polar surface area (TPSA) is 46.1 Å². The lowest BCUT2D eigenvalue weighted by Gasteiger charge is -2.32. The van der Waals surface area contributed by atoms with Gasteiger partial charge in [-0.1, -0.05) is 13.0 Å². The number of thiazole rings is 1. The molecule has 1 amide bonds. The van der Waals surface area contributed by atoms with Gasteiger partial charge in [0.2, 0.25) is 5.91 Å². The Bertz CT molecular complexity index is 641. The fourth-order valence-corrected chi connectivity index (χ4v) is 4.05. The van der Waals surface area contributed by atoms with Crippen LogP contribution < -0.4 is 0 Å². The fraction of sp³-hybridized carbons (Fsp3) is 0.500. The van der Waals surface area contributed by atoms with Crippen molar-refractivity contribution in [3.8, 4) is 0 Å². The highest BCUT2D eigenvalue weighted by Crippen LogP contribution is 2.29. The van der Waals surface area contributed by atoms with E-state index in [9.17, 15) is 4.79 Å². The first-order chi connectivity index (χ1) is 11.3. The predicted octanol–water partition coefficient (Wildman–Crippen LogP) is 3.44. The molecule has 1 fully saturated rings. The van der Waals surface area contributed by atoms with Gasteiger partial charge in [-0.3, -0.25) is 9.78 Å². The average Bonchev–Trinajstić information content (AvgIpc) is 3.10. The van der Waals surface area contributed by atoms with Gasteiger partial charge in [-0.15, -0.1) is 11.3 Å². The van der Waals surface area contributed by atoms with Crippen molar-refractivity contribution in [3.05, 3.63) is 46.2 Å². The maximum absolute atomic E-state index is 12.5. The Morgan fingerprint density at radius 1 is 1.39 bits per heavy atom. The molecule has 1 aliphatic rings. The highest BCUT2D eigenvalue weighted by molar-refractivity contribution is 7.09. The number of rotatable bonds is 5. The van der Waals surface area contributed by atoms with Crippen LogP contribution >= 0.6 is 11.3 Å². The molecule has 1 atom stereocenters. The molecule has 2 aromatic rings. The standard InChI is InChI=1S/C18H23N3OS/c1-2-15-13-23-18(20-15)14-6-5-11-21(12-14)17(22)9-8-16-7-3-4-10-19-16/h3-4,7,10,13-14H,2,5-6,8-9,11-12H2,1H3/t14-/m1/s1. The molecule has 4 nitrogen and oxygen atoms in total. The summed E-state index contributed by atoms with van der Waals surface area (Å²) in [5, 5.41) is 3.35. The minimum absolute atomic E-state index is 0.243. The maximum Gasteiger partial charge on any atom is 0.222 e. The van der Waals surface area contributed by atoms with E-state index in [0.29, 0.717) is 12.3 Å². The van der Waals surface area contributed by atoms with E-state index in [4.69, 9.17) is 4.98 Å². The van der Waals surface area contributed by atoms with Gasteiger partial charge in [-0.25, -0.2) is 4.98 Å². The Balaban J connectivity index is 1.56. The number of likely N-dealkylation sites (tertiary alicyclic amines) is 1. The van der Waals surface area contributed by atoms with Crippen LogP contribution in [0.3, 0.4) is 0 Å². The number of hydrogen-bond acceptors (Lipinski definition) is 4. The largest absolute Gasteiger partial charge is 0.342 e. The second kappa shape index (κ2) is 7.68. The van der Waals surface area contributed by atoms with Crippen LogP contribution in [0.1, 0.15) is 48.5 Å². The molecule has 0 bridgehead atoms. The molecular weight excluding hydrogens is 306 g/mol. The normalized spacial score (nSPS) is 18.1. The number of aryl methyl sites for hydroxylation is 2. The molecule has 3 rings (SSSR count). The van der Waals surface area contributed by atoms with Crippen LogP contribution in [-0.4, -0.2) is 33.9 Å². The Kier molecular flexibility index (Phi) is 5.39. The van der Waals surface area contributed by atoms with E-state index in [1.165, 1.54) is 10.7 Å². The summed E-state index contributed by atoms with van der Waals surface area (Å²) in [6.45, 7) is 3.83. The molecule has 1 saturated heterocycles. The van der Waals surface area contributed by atoms with E-state index < -0.39 is 0 Å². The van der Waals surface area contributed by atoms with Crippen LogP contribution in [0.4, 0.5) is 0 Å². The van der Waals surface area contributed by atoms with Crippen molar-refractivity contribution in [2.45, 2.75) is 44.9 Å². The number of pyridine rings is 1. The van der Waals surface area contributed by atoms with Gasteiger partial charge in [0.15, 0.2) is 0 Å². The summed E-state index contributed by atoms with van der Waals surface area (Å²) in [5.41, 5.74) is 2.16. The number of carbonyl (C=O) groups is 1. The van der Waals surface area contributed by atoms with Crippen molar-refractivity contribution < 1.29 is 4.79 Å². The lowest BCUT2D eigenvalue weighted by molar-refractivity contribution is -0.132. The number of nitrogens with zero attached hydrogens (tertiary/aromatic N) is 3. The Labute approximate surface area is 141 Å². The highest BCUT2D eigenvalue weighted by Gasteiger charge is 2.26. The van der Waals surface area contributed by atoms with Crippen molar-refractivity contribution in [2.75, 3.05) is 13.1 Å². The predicted molar refractivity (Wildman–Crippen MR) is 92.6 cm³/mol. The third-order valence-electron chi connectivity index (χ3n) is 4.38. The van der Waals surface area contributed by atoms with Crippen LogP contribution in [0.2, 0.25) is 0 Å². The SMILES string of the molecule is CCc1csc([C@@H]2CCCN(C(=O)CCc3ccccn3)C2)n1. The number of carbonyl (C=O) groups excluding carboxylic acids is 1. The van der Waals surface area contributed by atoms with E-state index in [2.05, 4.69) is 17.3 Å². The first-order valence-corrected chi connectivity index (χ1v) is 9.26. The van der Waals surface area contributed by atoms with Crippen LogP contribution in [0.15, 0.2) is 29.8 Å². The van der Waals surface area contributed by atoms with E-state index in [-0.39, 0.29) is 5.91 Å². The molecule has 0 unspecified atom stereocenters. The number of hydrogen-bond donors (Lipinski definition) is 0. The molecule has 122 valence electrons. The molecule has 0 N–H and O–H groups in total. The van der Waals surface area contributed by atoms with Gasteiger partial charge in [0.1, 0.15) is 0 Å². The summed E-state index contributed by atoms with van der Waals surface area (Å²) >= 11 is 1.75. The molecule has 0 saturated carbocycles. The van der Waals surface area contributed by atoms with Crippen molar-refractivity contribution in [1.29, 1.82) is 0 Å². The Hall–Kier alpha value is -1.75. The van der Waals surface area contributed by atoms with Crippen molar-refractivity contribution >= 4 is 17.2 Å². The Morgan fingerprint density at radius 2 is 2.30 bits per heavy atom. The maximum atomic E-state index is 12.5. The number of amides is 1. The van der Waals surface area contributed by atoms with E-state index in [1.807, 2.05) is 23.1 Å². The lowest BCUT2D eigenvalue weighted by atomic mass is 9.98. The van der Waals surface area contributed by atoms with Gasteiger partial charge in [0.05, 0.1) is 10.7 Å². The fourth-order valence-electron chi connectivity index (χ4n) is 3.02. The molecule has 1 aliphatic heterocycles. The monoisotopic (exact) mass is 329 g/mol. The van der Waals surface area contributed by atoms with Crippen LogP contribution in [0.25, 0.3) is 0 Å². The highest BCUT2D eigenvalue weighted by atomic mass is 32.1. The summed E-state index contributed by atoms with van der Waals surface area (Å²) in [4.78, 5) is 23.5.